The largest absolute Gasteiger partial charge is 0.329 e. The fourth-order valence-electron chi connectivity index (χ4n) is 2.33. The van der Waals surface area contributed by atoms with Crippen LogP contribution in [0.4, 0.5) is 0 Å². The predicted octanol–water partition coefficient (Wildman–Crippen LogP) is 0.999. The van der Waals surface area contributed by atoms with E-state index in [0.29, 0.717) is 6.04 Å². The van der Waals surface area contributed by atoms with Gasteiger partial charge in [-0.25, -0.2) is 0 Å². The molecule has 0 amide bonds. The molecule has 1 aromatic heterocycles. The van der Waals surface area contributed by atoms with Gasteiger partial charge in [-0.05, 0) is 32.4 Å². The predicted molar refractivity (Wildman–Crippen MR) is 60.5 cm³/mol. The van der Waals surface area contributed by atoms with Crippen molar-refractivity contribution in [3.05, 3.63) is 18.0 Å². The Morgan fingerprint density at radius 3 is 3.13 bits per heavy atom. The second-order valence-electron chi connectivity index (χ2n) is 4.08. The summed E-state index contributed by atoms with van der Waals surface area (Å²) in [6, 6.07) is 2.64. The van der Waals surface area contributed by atoms with Crippen LogP contribution in [0.1, 0.15) is 31.5 Å². The van der Waals surface area contributed by atoms with Gasteiger partial charge in [-0.2, -0.15) is 5.10 Å². The highest BCUT2D eigenvalue weighted by molar-refractivity contribution is 5.07. The van der Waals surface area contributed by atoms with Crippen molar-refractivity contribution in [2.24, 2.45) is 5.73 Å². The molecule has 1 aliphatic heterocycles. The summed E-state index contributed by atoms with van der Waals surface area (Å²) >= 11 is 0. The number of rotatable bonds is 4. The second kappa shape index (κ2) is 4.77. The van der Waals surface area contributed by atoms with E-state index in [1.54, 1.807) is 0 Å². The van der Waals surface area contributed by atoms with E-state index in [1.807, 2.05) is 4.68 Å². The van der Waals surface area contributed by atoms with Gasteiger partial charge in [0.25, 0.3) is 0 Å². The third-order valence-corrected chi connectivity index (χ3v) is 3.11. The van der Waals surface area contributed by atoms with Crippen LogP contribution in [0.25, 0.3) is 0 Å². The van der Waals surface area contributed by atoms with Crippen molar-refractivity contribution in [2.45, 2.75) is 32.4 Å². The minimum absolute atomic E-state index is 0.501. The van der Waals surface area contributed by atoms with Crippen LogP contribution in [-0.2, 0) is 6.54 Å². The Morgan fingerprint density at radius 2 is 2.47 bits per heavy atom. The van der Waals surface area contributed by atoms with E-state index in [4.69, 9.17) is 5.73 Å². The zero-order valence-corrected chi connectivity index (χ0v) is 9.39. The SMILES string of the molecule is CCn1ccc([C@H]2CCCN2CCN)n1. The molecule has 0 radical (unpaired) electrons. The second-order valence-corrected chi connectivity index (χ2v) is 4.08. The molecule has 4 nitrogen and oxygen atoms in total. The molecular formula is C11H20N4. The molecule has 84 valence electrons. The first kappa shape index (κ1) is 10.6. The molecule has 1 aromatic rings. The lowest BCUT2D eigenvalue weighted by Gasteiger charge is -2.21. The third-order valence-electron chi connectivity index (χ3n) is 3.11. The van der Waals surface area contributed by atoms with Crippen molar-refractivity contribution >= 4 is 0 Å². The summed E-state index contributed by atoms with van der Waals surface area (Å²) < 4.78 is 1.99. The van der Waals surface area contributed by atoms with Crippen molar-refractivity contribution in [3.8, 4) is 0 Å². The molecule has 0 aromatic carbocycles. The number of hydrogen-bond acceptors (Lipinski definition) is 3. The summed E-state index contributed by atoms with van der Waals surface area (Å²) in [4.78, 5) is 2.45. The normalized spacial score (nSPS) is 22.4. The fourth-order valence-corrected chi connectivity index (χ4v) is 2.33. The van der Waals surface area contributed by atoms with Crippen LogP contribution in [0.3, 0.4) is 0 Å². The smallest absolute Gasteiger partial charge is 0.0796 e. The van der Waals surface area contributed by atoms with Gasteiger partial charge >= 0.3 is 0 Å². The Balaban J connectivity index is 2.08. The number of nitrogens with two attached hydrogens (primary N) is 1. The number of likely N-dealkylation sites (tertiary alicyclic amines) is 1. The maximum absolute atomic E-state index is 5.61. The molecule has 1 fully saturated rings. The first-order valence-electron chi connectivity index (χ1n) is 5.82. The van der Waals surface area contributed by atoms with E-state index < -0.39 is 0 Å². The minimum Gasteiger partial charge on any atom is -0.329 e. The van der Waals surface area contributed by atoms with Gasteiger partial charge in [0.1, 0.15) is 0 Å². The van der Waals surface area contributed by atoms with E-state index in [-0.39, 0.29) is 0 Å². The summed E-state index contributed by atoms with van der Waals surface area (Å²) in [5, 5.41) is 4.58. The van der Waals surface area contributed by atoms with Crippen LogP contribution in [0.15, 0.2) is 12.3 Å². The highest BCUT2D eigenvalue weighted by atomic mass is 15.3. The summed E-state index contributed by atoms with van der Waals surface area (Å²) in [5.74, 6) is 0. The Labute approximate surface area is 91.1 Å². The summed E-state index contributed by atoms with van der Waals surface area (Å²) in [7, 11) is 0. The summed E-state index contributed by atoms with van der Waals surface area (Å²) in [5.41, 5.74) is 6.82. The highest BCUT2D eigenvalue weighted by Gasteiger charge is 2.26. The maximum Gasteiger partial charge on any atom is 0.0796 e. The third kappa shape index (κ3) is 2.21. The molecule has 0 spiro atoms. The molecule has 1 saturated heterocycles. The van der Waals surface area contributed by atoms with Gasteiger partial charge in [0.15, 0.2) is 0 Å². The summed E-state index contributed by atoms with van der Waals surface area (Å²) in [6.45, 7) is 5.96. The number of hydrogen-bond donors (Lipinski definition) is 1. The molecule has 1 atom stereocenters. The van der Waals surface area contributed by atoms with Crippen LogP contribution in [0, 0.1) is 0 Å². The topological polar surface area (TPSA) is 47.1 Å². The van der Waals surface area contributed by atoms with Gasteiger partial charge in [0.05, 0.1) is 11.7 Å². The van der Waals surface area contributed by atoms with Gasteiger partial charge < -0.3 is 5.73 Å². The average molecular weight is 208 g/mol. The molecule has 0 saturated carbocycles. The number of nitrogens with zero attached hydrogens (tertiary/aromatic N) is 3. The summed E-state index contributed by atoms with van der Waals surface area (Å²) in [6.07, 6.45) is 4.55. The van der Waals surface area contributed by atoms with E-state index in [2.05, 4.69) is 29.2 Å². The molecule has 0 aliphatic carbocycles. The van der Waals surface area contributed by atoms with E-state index >= 15 is 0 Å². The zero-order valence-electron chi connectivity index (χ0n) is 9.39. The van der Waals surface area contributed by atoms with Gasteiger partial charge in [0.2, 0.25) is 0 Å². The lowest BCUT2D eigenvalue weighted by Crippen LogP contribution is -2.29. The first-order valence-corrected chi connectivity index (χ1v) is 5.82. The first-order chi connectivity index (χ1) is 7.35. The van der Waals surface area contributed by atoms with Crippen LogP contribution in [0.5, 0.6) is 0 Å². The molecule has 1 aliphatic rings. The van der Waals surface area contributed by atoms with Crippen molar-refractivity contribution in [1.82, 2.24) is 14.7 Å². The molecule has 2 N–H and O–H groups in total. The number of aryl methyl sites for hydroxylation is 1. The van der Waals surface area contributed by atoms with Crippen LogP contribution >= 0.6 is 0 Å². The Kier molecular flexibility index (Phi) is 3.38. The van der Waals surface area contributed by atoms with Gasteiger partial charge in [-0.1, -0.05) is 0 Å². The van der Waals surface area contributed by atoms with Crippen LogP contribution < -0.4 is 5.73 Å². The Morgan fingerprint density at radius 1 is 1.60 bits per heavy atom. The highest BCUT2D eigenvalue weighted by Crippen LogP contribution is 2.29. The Bertz CT molecular complexity index is 307. The molecule has 4 heteroatoms. The molecular weight excluding hydrogens is 188 g/mol. The van der Waals surface area contributed by atoms with E-state index in [1.165, 1.54) is 25.1 Å². The molecule has 0 unspecified atom stereocenters. The quantitative estimate of drug-likeness (QED) is 0.803. The van der Waals surface area contributed by atoms with Crippen molar-refractivity contribution < 1.29 is 0 Å². The standard InChI is InChI=1S/C11H20N4/c1-2-15-8-5-10(13-15)11-4-3-7-14(11)9-6-12/h5,8,11H,2-4,6-7,9,12H2,1H3/t11-/m1/s1. The van der Waals surface area contributed by atoms with Crippen molar-refractivity contribution in [3.63, 3.8) is 0 Å². The maximum atomic E-state index is 5.61. The monoisotopic (exact) mass is 208 g/mol. The molecule has 15 heavy (non-hydrogen) atoms. The van der Waals surface area contributed by atoms with Gasteiger partial charge in [-0.15, -0.1) is 0 Å². The zero-order chi connectivity index (χ0) is 10.7. The van der Waals surface area contributed by atoms with Crippen LogP contribution in [-0.4, -0.2) is 34.3 Å². The minimum atomic E-state index is 0.501. The Hall–Kier alpha value is -0.870. The molecule has 2 heterocycles. The van der Waals surface area contributed by atoms with Crippen molar-refractivity contribution in [2.75, 3.05) is 19.6 Å². The average Bonchev–Trinajstić information content (AvgIpc) is 2.85. The van der Waals surface area contributed by atoms with E-state index in [9.17, 15) is 0 Å². The molecule has 0 bridgehead atoms. The number of aromatic nitrogens is 2. The van der Waals surface area contributed by atoms with E-state index in [0.717, 1.165) is 19.6 Å². The van der Waals surface area contributed by atoms with Gasteiger partial charge in [0, 0.05) is 25.8 Å². The molecule has 2 rings (SSSR count). The lowest BCUT2D eigenvalue weighted by molar-refractivity contribution is 0.259. The fraction of sp³-hybridized carbons (Fsp3) is 0.727. The van der Waals surface area contributed by atoms with Gasteiger partial charge in [-0.3, -0.25) is 9.58 Å². The van der Waals surface area contributed by atoms with Crippen LogP contribution in [0.2, 0.25) is 0 Å². The lowest BCUT2D eigenvalue weighted by atomic mass is 10.1. The van der Waals surface area contributed by atoms with Crippen molar-refractivity contribution in [1.29, 1.82) is 0 Å².